The molecule has 4 N–H and O–H groups in total. The Labute approximate surface area is 221 Å². The van der Waals surface area contributed by atoms with Gasteiger partial charge in [-0.2, -0.15) is 0 Å². The Hall–Kier alpha value is -4.43. The van der Waals surface area contributed by atoms with Gasteiger partial charge in [0, 0.05) is 29.6 Å². The van der Waals surface area contributed by atoms with Crippen LogP contribution in [0.4, 0.5) is 5.69 Å². The van der Waals surface area contributed by atoms with E-state index >= 15 is 0 Å². The number of esters is 1. The maximum atomic E-state index is 11.9. The molecule has 8 nitrogen and oxygen atoms in total. The van der Waals surface area contributed by atoms with Crippen LogP contribution in [0.3, 0.4) is 0 Å². The summed E-state index contributed by atoms with van der Waals surface area (Å²) in [6.07, 6.45) is 0.294. The molecule has 0 aliphatic carbocycles. The van der Waals surface area contributed by atoms with Crippen molar-refractivity contribution in [3.8, 4) is 5.88 Å². The zero-order valence-electron chi connectivity index (χ0n) is 21.6. The number of carbonyl (C=O) groups excluding carboxylic acids is 1. The lowest BCUT2D eigenvalue weighted by Gasteiger charge is -2.19. The molecule has 0 aliphatic rings. The van der Waals surface area contributed by atoms with E-state index < -0.39 is 11.6 Å². The normalized spacial score (nSPS) is 12.0. The first-order valence-corrected chi connectivity index (χ1v) is 12.3. The van der Waals surface area contributed by atoms with Gasteiger partial charge in [-0.15, -0.1) is 0 Å². The van der Waals surface area contributed by atoms with E-state index in [1.807, 2.05) is 75.4 Å². The van der Waals surface area contributed by atoms with Crippen molar-refractivity contribution in [2.24, 2.45) is 4.99 Å². The fourth-order valence-electron chi connectivity index (χ4n) is 4.05. The number of nitrogens with zero attached hydrogens (tertiary/aromatic N) is 1. The van der Waals surface area contributed by atoms with E-state index in [0.717, 1.165) is 11.1 Å². The lowest BCUT2D eigenvalue weighted by atomic mass is 10.00. The van der Waals surface area contributed by atoms with Crippen LogP contribution in [0.5, 0.6) is 5.88 Å². The molecule has 4 aromatic rings. The van der Waals surface area contributed by atoms with Crippen molar-refractivity contribution in [3.63, 3.8) is 0 Å². The van der Waals surface area contributed by atoms with Crippen molar-refractivity contribution in [1.82, 2.24) is 10.3 Å². The lowest BCUT2D eigenvalue weighted by molar-refractivity contribution is -0.154. The zero-order chi connectivity index (χ0) is 27.3. The van der Waals surface area contributed by atoms with Crippen molar-refractivity contribution < 1.29 is 24.5 Å². The van der Waals surface area contributed by atoms with E-state index in [2.05, 4.69) is 10.3 Å². The van der Waals surface area contributed by atoms with Crippen LogP contribution in [-0.2, 0) is 16.1 Å². The number of hydrogen-bond acceptors (Lipinski definition) is 6. The Balaban J connectivity index is 1.56. The molecule has 3 aromatic carbocycles. The second-order valence-electron chi connectivity index (χ2n) is 9.92. The van der Waals surface area contributed by atoms with Crippen LogP contribution in [0.25, 0.3) is 10.9 Å². The number of H-pyrrole nitrogens is 1. The molecule has 4 rings (SSSR count). The highest BCUT2D eigenvalue weighted by Crippen LogP contribution is 2.32. The van der Waals surface area contributed by atoms with Gasteiger partial charge in [-0.05, 0) is 50.6 Å². The number of carboxylic acid groups (broad SMARTS) is 1. The van der Waals surface area contributed by atoms with Crippen molar-refractivity contribution >= 4 is 34.2 Å². The number of rotatable bonds is 9. The number of hydrogen-bond donors (Lipinski definition) is 4. The zero-order valence-corrected chi connectivity index (χ0v) is 21.6. The second kappa shape index (κ2) is 11.3. The molecule has 0 spiro atoms. The maximum Gasteiger partial charge on any atom is 0.335 e. The third-order valence-corrected chi connectivity index (χ3v) is 5.74. The molecule has 1 aromatic heterocycles. The standard InChI is InChI=1S/C30H31N3O5/c1-30(2,3)38-25(34)15-16-31-18-19-9-12-22(13-10-19)32-27(20-7-5-4-6-8-20)26-23-14-11-21(29(36)37)17-24(23)33-28(26)35/h4-14,17,31,33,35H,15-16,18H2,1-3H3,(H,36,37). The van der Waals surface area contributed by atoms with Gasteiger partial charge in [0.15, 0.2) is 5.88 Å². The minimum Gasteiger partial charge on any atom is -0.494 e. The molecule has 0 atom stereocenters. The summed E-state index contributed by atoms with van der Waals surface area (Å²) < 4.78 is 5.32. The van der Waals surface area contributed by atoms with Crippen molar-refractivity contribution in [2.45, 2.75) is 39.3 Å². The highest BCUT2D eigenvalue weighted by atomic mass is 16.6. The van der Waals surface area contributed by atoms with E-state index in [1.54, 1.807) is 6.07 Å². The Morgan fingerprint density at radius 2 is 1.68 bits per heavy atom. The third-order valence-electron chi connectivity index (χ3n) is 5.74. The van der Waals surface area contributed by atoms with E-state index in [4.69, 9.17) is 9.73 Å². The summed E-state index contributed by atoms with van der Waals surface area (Å²) >= 11 is 0. The molecular weight excluding hydrogens is 482 g/mol. The molecule has 0 aliphatic heterocycles. The molecular formula is C30H31N3O5. The van der Waals surface area contributed by atoms with Gasteiger partial charge in [-0.25, -0.2) is 9.79 Å². The van der Waals surface area contributed by atoms with Crippen molar-refractivity contribution in [2.75, 3.05) is 6.54 Å². The third kappa shape index (κ3) is 6.66. The van der Waals surface area contributed by atoms with E-state index in [-0.39, 0.29) is 17.4 Å². The molecule has 0 unspecified atom stereocenters. The van der Waals surface area contributed by atoms with Crippen molar-refractivity contribution in [1.29, 1.82) is 0 Å². The number of fused-ring (bicyclic) bond motifs is 1. The second-order valence-corrected chi connectivity index (χ2v) is 9.92. The molecule has 0 amide bonds. The summed E-state index contributed by atoms with van der Waals surface area (Å²) in [6, 6.07) is 21.9. The van der Waals surface area contributed by atoms with Gasteiger partial charge >= 0.3 is 11.9 Å². The van der Waals surface area contributed by atoms with Crippen molar-refractivity contribution in [3.05, 3.63) is 95.1 Å². The van der Waals surface area contributed by atoms with E-state index in [0.29, 0.717) is 47.4 Å². The number of aromatic hydroxyl groups is 1. The quantitative estimate of drug-likeness (QED) is 0.132. The summed E-state index contributed by atoms with van der Waals surface area (Å²) in [5, 5.41) is 24.1. The predicted molar refractivity (Wildman–Crippen MR) is 147 cm³/mol. The number of aromatic amines is 1. The summed E-state index contributed by atoms with van der Waals surface area (Å²) in [4.78, 5) is 31.0. The van der Waals surface area contributed by atoms with Crippen LogP contribution in [-0.4, -0.2) is 45.0 Å². The first-order chi connectivity index (χ1) is 18.1. The highest BCUT2D eigenvalue weighted by molar-refractivity contribution is 6.22. The Morgan fingerprint density at radius 3 is 2.34 bits per heavy atom. The van der Waals surface area contributed by atoms with Crippen LogP contribution < -0.4 is 5.32 Å². The molecule has 8 heteroatoms. The Kier molecular flexibility index (Phi) is 7.93. The molecule has 1 heterocycles. The fraction of sp³-hybridized carbons (Fsp3) is 0.233. The minimum atomic E-state index is -1.04. The summed E-state index contributed by atoms with van der Waals surface area (Å²) in [6.45, 7) is 6.64. The number of nitrogens with one attached hydrogen (secondary N) is 2. The summed E-state index contributed by atoms with van der Waals surface area (Å²) in [7, 11) is 0. The fourth-order valence-corrected chi connectivity index (χ4v) is 4.05. The van der Waals surface area contributed by atoms with E-state index in [1.165, 1.54) is 12.1 Å². The number of carbonyl (C=O) groups is 2. The Bertz CT molecular complexity index is 1470. The number of carboxylic acids is 1. The first kappa shape index (κ1) is 26.6. The number of aromatic nitrogens is 1. The average Bonchev–Trinajstić information content (AvgIpc) is 3.20. The van der Waals surface area contributed by atoms with E-state index in [9.17, 15) is 19.8 Å². The lowest BCUT2D eigenvalue weighted by Crippen LogP contribution is -2.26. The summed E-state index contributed by atoms with van der Waals surface area (Å²) in [5.74, 6) is -1.36. The number of aliphatic imine (C=N–C) groups is 1. The molecule has 0 bridgehead atoms. The van der Waals surface area contributed by atoms with Crippen LogP contribution >= 0.6 is 0 Å². The van der Waals surface area contributed by atoms with Crippen LogP contribution in [0.1, 0.15) is 54.2 Å². The molecule has 0 fully saturated rings. The highest BCUT2D eigenvalue weighted by Gasteiger charge is 2.20. The van der Waals surface area contributed by atoms with Gasteiger partial charge < -0.3 is 25.3 Å². The largest absolute Gasteiger partial charge is 0.494 e. The molecule has 196 valence electrons. The monoisotopic (exact) mass is 513 g/mol. The number of aromatic carboxylic acids is 1. The SMILES string of the molecule is CC(C)(C)OC(=O)CCNCc1ccc(N=C(c2ccccc2)c2c(O)[nH]c3cc(C(=O)O)ccc23)cc1. The first-order valence-electron chi connectivity index (χ1n) is 12.3. The molecule has 0 saturated heterocycles. The number of benzene rings is 3. The molecule has 0 saturated carbocycles. The topological polar surface area (TPSA) is 124 Å². The van der Waals surface area contributed by atoms with Gasteiger partial charge in [0.25, 0.3) is 0 Å². The van der Waals surface area contributed by atoms with Gasteiger partial charge in [0.05, 0.1) is 28.9 Å². The number of ether oxygens (including phenoxy) is 1. The molecule has 0 radical (unpaired) electrons. The predicted octanol–water partition coefficient (Wildman–Crippen LogP) is 5.56. The van der Waals surface area contributed by atoms with Crippen LogP contribution in [0.2, 0.25) is 0 Å². The minimum absolute atomic E-state index is 0.0871. The average molecular weight is 514 g/mol. The van der Waals surface area contributed by atoms with Gasteiger partial charge in [-0.3, -0.25) is 4.79 Å². The van der Waals surface area contributed by atoms with Gasteiger partial charge in [0.1, 0.15) is 5.60 Å². The maximum absolute atomic E-state index is 11.9. The van der Waals surface area contributed by atoms with Gasteiger partial charge in [-0.1, -0.05) is 48.5 Å². The smallest absolute Gasteiger partial charge is 0.335 e. The van der Waals surface area contributed by atoms with Crippen LogP contribution in [0, 0.1) is 0 Å². The van der Waals surface area contributed by atoms with Gasteiger partial charge in [0.2, 0.25) is 0 Å². The van der Waals surface area contributed by atoms with Crippen LogP contribution in [0.15, 0.2) is 77.8 Å². The molecule has 38 heavy (non-hydrogen) atoms. The Morgan fingerprint density at radius 1 is 0.974 bits per heavy atom. The summed E-state index contributed by atoms with van der Waals surface area (Å²) in [5.41, 5.74) is 3.72.